The van der Waals surface area contributed by atoms with Crippen LogP contribution in [0, 0.1) is 17.6 Å². The van der Waals surface area contributed by atoms with Crippen molar-refractivity contribution >= 4 is 5.65 Å². The van der Waals surface area contributed by atoms with Crippen LogP contribution in [-0.4, -0.2) is 27.8 Å². The Labute approximate surface area is 173 Å². The monoisotopic (exact) mass is 416 g/mol. The third-order valence-electron chi connectivity index (χ3n) is 5.65. The van der Waals surface area contributed by atoms with Gasteiger partial charge in [0.25, 0.3) is 5.56 Å². The summed E-state index contributed by atoms with van der Waals surface area (Å²) in [5.74, 6) is -1.28. The van der Waals surface area contributed by atoms with Gasteiger partial charge in [-0.15, -0.1) is 0 Å². The summed E-state index contributed by atoms with van der Waals surface area (Å²) in [6.07, 6.45) is 1.83. The molecular formula is C22H26F2N4O2. The van der Waals surface area contributed by atoms with E-state index in [0.717, 1.165) is 37.8 Å². The summed E-state index contributed by atoms with van der Waals surface area (Å²) in [7, 11) is 0. The topological polar surface area (TPSA) is 71.4 Å². The number of nitrogens with zero attached hydrogens (tertiary/aromatic N) is 2. The van der Waals surface area contributed by atoms with Crippen molar-refractivity contribution in [2.45, 2.75) is 45.2 Å². The summed E-state index contributed by atoms with van der Waals surface area (Å²) in [6.45, 7) is 5.82. The van der Waals surface area contributed by atoms with Gasteiger partial charge in [0.15, 0.2) is 17.3 Å². The van der Waals surface area contributed by atoms with Crippen LogP contribution in [0.2, 0.25) is 0 Å². The first-order valence-corrected chi connectivity index (χ1v) is 10.3. The number of halogens is 2. The summed E-state index contributed by atoms with van der Waals surface area (Å²) >= 11 is 0. The van der Waals surface area contributed by atoms with Crippen molar-refractivity contribution in [1.82, 2.24) is 19.9 Å². The van der Waals surface area contributed by atoms with Gasteiger partial charge in [-0.2, -0.15) is 0 Å². The van der Waals surface area contributed by atoms with E-state index in [1.807, 2.05) is 19.9 Å². The number of hydrogen-bond acceptors (Lipinski definition) is 4. The molecule has 30 heavy (non-hydrogen) atoms. The lowest BCUT2D eigenvalue weighted by atomic mass is 9.97. The van der Waals surface area contributed by atoms with E-state index in [0.29, 0.717) is 29.4 Å². The highest BCUT2D eigenvalue weighted by atomic mass is 19.2. The van der Waals surface area contributed by atoms with Gasteiger partial charge in [0.1, 0.15) is 0 Å². The molecule has 2 aromatic heterocycles. The first-order chi connectivity index (χ1) is 14.4. The molecule has 160 valence electrons. The molecule has 1 aliphatic heterocycles. The molecule has 1 fully saturated rings. The van der Waals surface area contributed by atoms with E-state index in [1.165, 1.54) is 16.6 Å². The van der Waals surface area contributed by atoms with Crippen LogP contribution in [0.4, 0.5) is 8.78 Å². The number of fused-ring (bicyclic) bond motifs is 1. The Balaban J connectivity index is 1.59. The van der Waals surface area contributed by atoms with E-state index in [-0.39, 0.29) is 17.5 Å². The van der Waals surface area contributed by atoms with Crippen molar-refractivity contribution in [1.29, 1.82) is 0 Å². The van der Waals surface area contributed by atoms with Crippen molar-refractivity contribution in [3.8, 4) is 0 Å². The van der Waals surface area contributed by atoms with Gasteiger partial charge in [-0.3, -0.25) is 9.89 Å². The normalized spacial score (nSPS) is 16.4. The second-order valence-electron chi connectivity index (χ2n) is 8.16. The van der Waals surface area contributed by atoms with Gasteiger partial charge in [-0.1, -0.05) is 19.9 Å². The fourth-order valence-electron chi connectivity index (χ4n) is 3.96. The Morgan fingerprint density at radius 2 is 1.97 bits per heavy atom. The van der Waals surface area contributed by atoms with E-state index in [4.69, 9.17) is 9.72 Å². The fourth-order valence-corrected chi connectivity index (χ4v) is 3.96. The van der Waals surface area contributed by atoms with Crippen LogP contribution in [0.15, 0.2) is 35.1 Å². The van der Waals surface area contributed by atoms with Gasteiger partial charge in [0.2, 0.25) is 0 Å². The van der Waals surface area contributed by atoms with Crippen LogP contribution >= 0.6 is 0 Å². The predicted molar refractivity (Wildman–Crippen MR) is 109 cm³/mol. The molecular weight excluding hydrogens is 390 g/mol. The number of aromatic amines is 1. The second-order valence-corrected chi connectivity index (χ2v) is 8.16. The minimum absolute atomic E-state index is 0.138. The third-order valence-corrected chi connectivity index (χ3v) is 5.65. The molecule has 1 aromatic carbocycles. The molecule has 3 aromatic rings. The first kappa shape index (κ1) is 20.7. The molecule has 0 spiro atoms. The molecule has 8 heteroatoms. The maximum atomic E-state index is 13.5. The van der Waals surface area contributed by atoms with E-state index in [9.17, 15) is 13.6 Å². The number of H-pyrrole nitrogens is 1. The Hall–Kier alpha value is -2.58. The van der Waals surface area contributed by atoms with Crippen molar-refractivity contribution in [3.05, 3.63) is 69.3 Å². The average molecular weight is 416 g/mol. The Kier molecular flexibility index (Phi) is 5.97. The Morgan fingerprint density at radius 1 is 1.20 bits per heavy atom. The lowest BCUT2D eigenvalue weighted by Gasteiger charge is -2.22. The molecule has 0 unspecified atom stereocenters. The number of nitrogens with one attached hydrogen (secondary N) is 2. The van der Waals surface area contributed by atoms with Crippen molar-refractivity contribution in [2.24, 2.45) is 5.92 Å². The van der Waals surface area contributed by atoms with Crippen LogP contribution in [0.5, 0.6) is 0 Å². The number of ether oxygens (including phenoxy) is 1. The summed E-state index contributed by atoms with van der Waals surface area (Å²) < 4.78 is 33.6. The van der Waals surface area contributed by atoms with Crippen LogP contribution in [0.25, 0.3) is 5.65 Å². The molecule has 0 bridgehead atoms. The maximum Gasteiger partial charge on any atom is 0.272 e. The quantitative estimate of drug-likeness (QED) is 0.643. The lowest BCUT2D eigenvalue weighted by Crippen LogP contribution is -2.28. The average Bonchev–Trinajstić information content (AvgIpc) is 3.16. The smallest absolute Gasteiger partial charge is 0.272 e. The van der Waals surface area contributed by atoms with Crippen molar-refractivity contribution in [3.63, 3.8) is 0 Å². The predicted octanol–water partition coefficient (Wildman–Crippen LogP) is 3.68. The standard InChI is InChI=1S/C22H26F2N4O2/c1-13(2)22(25-12-14-3-4-16(23)17(24)9-14)19-11-21(29)28-20(26-19)10-18(27-28)15-5-7-30-8-6-15/h3-4,9-11,13,15,22,25,27H,5-8,12H2,1-2H3/t22-/m0/s1. The van der Waals surface area contributed by atoms with Crippen LogP contribution in [-0.2, 0) is 11.3 Å². The van der Waals surface area contributed by atoms with Gasteiger partial charge < -0.3 is 10.1 Å². The van der Waals surface area contributed by atoms with Gasteiger partial charge in [0.05, 0.1) is 11.7 Å². The molecule has 0 saturated carbocycles. The van der Waals surface area contributed by atoms with E-state index >= 15 is 0 Å². The minimum atomic E-state index is -0.874. The summed E-state index contributed by atoms with van der Waals surface area (Å²) in [4.78, 5) is 17.4. The van der Waals surface area contributed by atoms with Crippen molar-refractivity contribution < 1.29 is 13.5 Å². The molecule has 1 saturated heterocycles. The van der Waals surface area contributed by atoms with E-state index < -0.39 is 11.6 Å². The summed E-state index contributed by atoms with van der Waals surface area (Å²) in [6, 6.07) is 7.09. The zero-order valence-corrected chi connectivity index (χ0v) is 17.1. The highest BCUT2D eigenvalue weighted by Crippen LogP contribution is 2.27. The van der Waals surface area contributed by atoms with Crippen LogP contribution in [0.1, 0.15) is 55.6 Å². The van der Waals surface area contributed by atoms with Crippen LogP contribution in [0.3, 0.4) is 0 Å². The highest BCUT2D eigenvalue weighted by Gasteiger charge is 2.22. The molecule has 6 nitrogen and oxygen atoms in total. The molecule has 2 N–H and O–H groups in total. The molecule has 1 atom stereocenters. The zero-order valence-electron chi connectivity index (χ0n) is 17.1. The maximum absolute atomic E-state index is 13.5. The molecule has 0 radical (unpaired) electrons. The number of aromatic nitrogens is 3. The molecule has 0 amide bonds. The SMILES string of the molecule is CC(C)[C@H](NCc1ccc(F)c(F)c1)c1cc(=O)n2[nH]c(C3CCOCC3)cc2n1. The number of benzene rings is 1. The van der Waals surface area contributed by atoms with Crippen LogP contribution < -0.4 is 10.9 Å². The van der Waals surface area contributed by atoms with E-state index in [1.54, 1.807) is 6.07 Å². The second kappa shape index (κ2) is 8.65. The summed E-state index contributed by atoms with van der Waals surface area (Å²) in [5, 5.41) is 6.52. The van der Waals surface area contributed by atoms with Crippen molar-refractivity contribution in [2.75, 3.05) is 13.2 Å². The third kappa shape index (κ3) is 4.29. The van der Waals surface area contributed by atoms with Gasteiger partial charge in [0, 0.05) is 43.5 Å². The van der Waals surface area contributed by atoms with E-state index in [2.05, 4.69) is 10.4 Å². The fraction of sp³-hybridized carbons (Fsp3) is 0.455. The number of hydrogen-bond donors (Lipinski definition) is 2. The summed E-state index contributed by atoms with van der Waals surface area (Å²) in [5.41, 5.74) is 2.67. The molecule has 4 rings (SSSR count). The Bertz CT molecular complexity index is 1090. The highest BCUT2D eigenvalue weighted by molar-refractivity contribution is 5.41. The van der Waals surface area contributed by atoms with Gasteiger partial charge in [-0.25, -0.2) is 18.3 Å². The zero-order chi connectivity index (χ0) is 21.3. The van der Waals surface area contributed by atoms with Gasteiger partial charge in [-0.05, 0) is 36.5 Å². The number of rotatable bonds is 6. The molecule has 0 aliphatic carbocycles. The first-order valence-electron chi connectivity index (χ1n) is 10.3. The lowest BCUT2D eigenvalue weighted by molar-refractivity contribution is 0.0844. The largest absolute Gasteiger partial charge is 0.381 e. The molecule has 3 heterocycles. The molecule has 1 aliphatic rings. The minimum Gasteiger partial charge on any atom is -0.381 e. The van der Waals surface area contributed by atoms with Gasteiger partial charge >= 0.3 is 0 Å². The Morgan fingerprint density at radius 3 is 2.67 bits per heavy atom.